The number of hydrogen-bond acceptors (Lipinski definition) is 4. The number of hydrogen-bond donors (Lipinski definition) is 3. The summed E-state index contributed by atoms with van der Waals surface area (Å²) < 4.78 is 0. The highest BCUT2D eigenvalue weighted by atomic mass is 16.1. The van der Waals surface area contributed by atoms with Crippen molar-refractivity contribution in [1.29, 1.82) is 0 Å². The summed E-state index contributed by atoms with van der Waals surface area (Å²) in [4.78, 5) is 15.8. The molecule has 94 valence electrons. The Labute approximate surface area is 102 Å². The molecule has 0 saturated heterocycles. The number of nitrogens with one attached hydrogen (secondary N) is 2. The van der Waals surface area contributed by atoms with Gasteiger partial charge in [-0.3, -0.25) is 10.6 Å². The number of rotatable bonds is 6. The zero-order valence-corrected chi connectivity index (χ0v) is 10.4. The Bertz CT molecular complexity index is 350. The van der Waals surface area contributed by atoms with E-state index in [2.05, 4.69) is 22.7 Å². The van der Waals surface area contributed by atoms with Crippen LogP contribution < -0.4 is 16.6 Å². The van der Waals surface area contributed by atoms with E-state index in [1.54, 1.807) is 12.1 Å². The minimum absolute atomic E-state index is 0.142. The van der Waals surface area contributed by atoms with Crippen LogP contribution in [0, 0.1) is 0 Å². The number of pyridine rings is 1. The van der Waals surface area contributed by atoms with E-state index in [1.807, 2.05) is 6.92 Å². The van der Waals surface area contributed by atoms with Crippen LogP contribution in [0.4, 0.5) is 5.69 Å². The second-order valence-electron chi connectivity index (χ2n) is 4.09. The van der Waals surface area contributed by atoms with Crippen LogP contribution in [0.15, 0.2) is 18.3 Å². The van der Waals surface area contributed by atoms with Crippen molar-refractivity contribution in [1.82, 2.24) is 10.3 Å². The summed E-state index contributed by atoms with van der Waals surface area (Å²) in [5, 5.41) is 2.92. The van der Waals surface area contributed by atoms with Gasteiger partial charge in [-0.15, -0.1) is 0 Å². The molecule has 0 aliphatic carbocycles. The molecule has 17 heavy (non-hydrogen) atoms. The standard InChI is InChI=1S/C12H20N4O/c1-3-4-5-9(2)15-12(17)11-7-6-10(16-13)8-14-11/h6-9,16H,3-5,13H2,1-2H3,(H,15,17). The molecule has 0 spiro atoms. The number of anilines is 1. The fourth-order valence-corrected chi connectivity index (χ4v) is 1.49. The minimum Gasteiger partial charge on any atom is -0.348 e. The van der Waals surface area contributed by atoms with E-state index in [4.69, 9.17) is 5.84 Å². The molecule has 5 heteroatoms. The summed E-state index contributed by atoms with van der Waals surface area (Å²) in [6.07, 6.45) is 4.77. The summed E-state index contributed by atoms with van der Waals surface area (Å²) in [7, 11) is 0. The molecule has 0 bridgehead atoms. The molecule has 0 radical (unpaired) electrons. The highest BCUT2D eigenvalue weighted by Gasteiger charge is 2.10. The minimum atomic E-state index is -0.142. The first-order valence-electron chi connectivity index (χ1n) is 5.91. The van der Waals surface area contributed by atoms with Gasteiger partial charge in [-0.1, -0.05) is 19.8 Å². The Morgan fingerprint density at radius 3 is 2.82 bits per heavy atom. The molecule has 1 unspecified atom stereocenters. The smallest absolute Gasteiger partial charge is 0.270 e. The summed E-state index contributed by atoms with van der Waals surface area (Å²) in [5.74, 6) is 5.08. The molecule has 0 aliphatic heterocycles. The predicted octanol–water partition coefficient (Wildman–Crippen LogP) is 1.68. The molecule has 1 amide bonds. The quantitative estimate of drug-likeness (QED) is 0.518. The van der Waals surface area contributed by atoms with E-state index in [-0.39, 0.29) is 11.9 Å². The van der Waals surface area contributed by atoms with Crippen LogP contribution in [0.5, 0.6) is 0 Å². The second-order valence-corrected chi connectivity index (χ2v) is 4.09. The number of nitrogen functional groups attached to an aromatic ring is 1. The maximum atomic E-state index is 11.8. The average molecular weight is 236 g/mol. The van der Waals surface area contributed by atoms with E-state index in [0.29, 0.717) is 11.4 Å². The number of nitrogens with two attached hydrogens (primary N) is 1. The summed E-state index contributed by atoms with van der Waals surface area (Å²) in [6.45, 7) is 4.14. The van der Waals surface area contributed by atoms with Gasteiger partial charge in [0.1, 0.15) is 5.69 Å². The van der Waals surface area contributed by atoms with Crippen LogP contribution in [0.1, 0.15) is 43.6 Å². The molecule has 0 aliphatic rings. The molecule has 0 fully saturated rings. The molecule has 1 heterocycles. The molecule has 1 aromatic rings. The van der Waals surface area contributed by atoms with E-state index < -0.39 is 0 Å². The fourth-order valence-electron chi connectivity index (χ4n) is 1.49. The number of nitrogens with zero attached hydrogens (tertiary/aromatic N) is 1. The Balaban J connectivity index is 2.51. The van der Waals surface area contributed by atoms with Crippen molar-refractivity contribution in [2.45, 2.75) is 39.2 Å². The van der Waals surface area contributed by atoms with Crippen molar-refractivity contribution in [3.63, 3.8) is 0 Å². The van der Waals surface area contributed by atoms with Crippen LogP contribution in [-0.2, 0) is 0 Å². The van der Waals surface area contributed by atoms with Gasteiger partial charge in [0.05, 0.1) is 11.9 Å². The van der Waals surface area contributed by atoms with Crippen molar-refractivity contribution in [2.24, 2.45) is 5.84 Å². The first-order chi connectivity index (χ1) is 8.17. The van der Waals surface area contributed by atoms with Gasteiger partial charge in [0.2, 0.25) is 0 Å². The van der Waals surface area contributed by atoms with Gasteiger partial charge in [0.15, 0.2) is 0 Å². The topological polar surface area (TPSA) is 80.0 Å². The Kier molecular flexibility index (Phi) is 5.42. The SMILES string of the molecule is CCCCC(C)NC(=O)c1ccc(NN)cn1. The Morgan fingerprint density at radius 2 is 2.29 bits per heavy atom. The molecule has 1 rings (SSSR count). The van der Waals surface area contributed by atoms with E-state index in [0.717, 1.165) is 19.3 Å². The number of carbonyl (C=O) groups is 1. The highest BCUT2D eigenvalue weighted by molar-refractivity contribution is 5.92. The second kappa shape index (κ2) is 6.85. The van der Waals surface area contributed by atoms with Crippen LogP contribution in [0.2, 0.25) is 0 Å². The summed E-state index contributed by atoms with van der Waals surface area (Å²) in [6, 6.07) is 3.55. The van der Waals surface area contributed by atoms with Gasteiger partial charge in [-0.25, -0.2) is 4.98 Å². The van der Waals surface area contributed by atoms with Gasteiger partial charge in [-0.2, -0.15) is 0 Å². The van der Waals surface area contributed by atoms with Gasteiger partial charge in [0, 0.05) is 6.04 Å². The molecule has 0 aromatic carbocycles. The lowest BCUT2D eigenvalue weighted by molar-refractivity contribution is 0.0933. The van der Waals surface area contributed by atoms with Gasteiger partial charge < -0.3 is 10.7 Å². The predicted molar refractivity (Wildman–Crippen MR) is 68.5 cm³/mol. The van der Waals surface area contributed by atoms with Gasteiger partial charge in [0.25, 0.3) is 5.91 Å². The number of unbranched alkanes of at least 4 members (excludes halogenated alkanes) is 1. The van der Waals surface area contributed by atoms with Crippen LogP contribution in [-0.4, -0.2) is 16.9 Å². The first kappa shape index (κ1) is 13.4. The third-order valence-electron chi connectivity index (χ3n) is 2.53. The molecule has 0 saturated carbocycles. The third kappa shape index (κ3) is 4.40. The van der Waals surface area contributed by atoms with Crippen molar-refractivity contribution in [3.8, 4) is 0 Å². The van der Waals surface area contributed by atoms with Gasteiger partial charge >= 0.3 is 0 Å². The zero-order chi connectivity index (χ0) is 12.7. The number of amides is 1. The molecule has 1 atom stereocenters. The molecular weight excluding hydrogens is 216 g/mol. The summed E-state index contributed by atoms with van der Waals surface area (Å²) in [5.41, 5.74) is 3.56. The van der Waals surface area contributed by atoms with E-state index in [1.165, 1.54) is 6.20 Å². The van der Waals surface area contributed by atoms with Crippen LogP contribution >= 0.6 is 0 Å². The van der Waals surface area contributed by atoms with Crippen molar-refractivity contribution in [2.75, 3.05) is 5.43 Å². The summed E-state index contributed by atoms with van der Waals surface area (Å²) >= 11 is 0. The van der Waals surface area contributed by atoms with Crippen molar-refractivity contribution < 1.29 is 4.79 Å². The lowest BCUT2D eigenvalue weighted by Crippen LogP contribution is -2.33. The normalized spacial score (nSPS) is 11.9. The number of carbonyl (C=O) groups excluding carboxylic acids is 1. The average Bonchev–Trinajstić information content (AvgIpc) is 2.36. The van der Waals surface area contributed by atoms with Crippen LogP contribution in [0.3, 0.4) is 0 Å². The Hall–Kier alpha value is -1.62. The van der Waals surface area contributed by atoms with Crippen molar-refractivity contribution >= 4 is 11.6 Å². The number of aromatic nitrogens is 1. The third-order valence-corrected chi connectivity index (χ3v) is 2.53. The lowest BCUT2D eigenvalue weighted by atomic mass is 10.1. The molecule has 4 N–H and O–H groups in total. The highest BCUT2D eigenvalue weighted by Crippen LogP contribution is 2.05. The number of hydrazine groups is 1. The van der Waals surface area contributed by atoms with E-state index >= 15 is 0 Å². The largest absolute Gasteiger partial charge is 0.348 e. The first-order valence-corrected chi connectivity index (χ1v) is 5.91. The van der Waals surface area contributed by atoms with Crippen LogP contribution in [0.25, 0.3) is 0 Å². The lowest BCUT2D eigenvalue weighted by Gasteiger charge is -2.12. The molecule has 5 nitrogen and oxygen atoms in total. The van der Waals surface area contributed by atoms with Crippen molar-refractivity contribution in [3.05, 3.63) is 24.0 Å². The zero-order valence-electron chi connectivity index (χ0n) is 10.4. The monoisotopic (exact) mass is 236 g/mol. The molecule has 1 aromatic heterocycles. The van der Waals surface area contributed by atoms with E-state index in [9.17, 15) is 4.79 Å². The maximum Gasteiger partial charge on any atom is 0.270 e. The Morgan fingerprint density at radius 1 is 1.53 bits per heavy atom. The fraction of sp³-hybridized carbons (Fsp3) is 0.500. The maximum absolute atomic E-state index is 11.8. The molecular formula is C12H20N4O. The van der Waals surface area contributed by atoms with Gasteiger partial charge in [-0.05, 0) is 25.5 Å².